The first kappa shape index (κ1) is 13.5. The Hall–Kier alpha value is -1.88. The van der Waals surface area contributed by atoms with E-state index in [2.05, 4.69) is 16.9 Å². The largest absolute Gasteiger partial charge is 0.497 e. The molecule has 2 rings (SSSR count). The van der Waals surface area contributed by atoms with Crippen LogP contribution in [0.15, 0.2) is 24.5 Å². The Morgan fingerprint density at radius 2 is 2.05 bits per heavy atom. The van der Waals surface area contributed by atoms with E-state index in [-0.39, 0.29) is 0 Å². The van der Waals surface area contributed by atoms with Gasteiger partial charge >= 0.3 is 0 Å². The van der Waals surface area contributed by atoms with Crippen LogP contribution in [-0.4, -0.2) is 24.2 Å². The third-order valence-corrected chi connectivity index (χ3v) is 3.33. The van der Waals surface area contributed by atoms with Crippen LogP contribution in [0.5, 0.6) is 11.5 Å². The molecule has 0 atom stereocenters. The molecular weight excluding hydrogens is 260 g/mol. The van der Waals surface area contributed by atoms with Gasteiger partial charge in [-0.3, -0.25) is 0 Å². The zero-order chi connectivity index (χ0) is 13.8. The molecule has 0 bridgehead atoms. The third kappa shape index (κ3) is 2.61. The summed E-state index contributed by atoms with van der Waals surface area (Å²) in [6.45, 7) is 2.06. The van der Waals surface area contributed by atoms with Crippen molar-refractivity contribution in [1.29, 1.82) is 0 Å². The number of hydrogen-bond donors (Lipinski definition) is 1. The molecule has 1 aromatic carbocycles. The second-order valence-corrected chi connectivity index (χ2v) is 4.37. The Labute approximate surface area is 117 Å². The fourth-order valence-corrected chi connectivity index (χ4v) is 2.30. The standard InChI is InChI=1S/C14H16N2O2S/c1-4-10-13(15-8-16-14(10)19)11-6-5-9(17-2)7-12(11)18-3/h5-8H,4H2,1-3H3,(H,15,16,19). The van der Waals surface area contributed by atoms with Gasteiger partial charge in [0.2, 0.25) is 0 Å². The molecule has 100 valence electrons. The predicted octanol–water partition coefficient (Wildman–Crippen LogP) is 3.39. The molecule has 0 saturated carbocycles. The van der Waals surface area contributed by atoms with Crippen LogP contribution in [-0.2, 0) is 6.42 Å². The number of nitrogens with zero attached hydrogens (tertiary/aromatic N) is 1. The summed E-state index contributed by atoms with van der Waals surface area (Å²) in [5.41, 5.74) is 2.91. The third-order valence-electron chi connectivity index (χ3n) is 2.98. The van der Waals surface area contributed by atoms with Gasteiger partial charge in [0.1, 0.15) is 16.1 Å². The van der Waals surface area contributed by atoms with Crippen molar-refractivity contribution < 1.29 is 9.47 Å². The van der Waals surface area contributed by atoms with Gasteiger partial charge in [0, 0.05) is 17.2 Å². The minimum absolute atomic E-state index is 0.620. The summed E-state index contributed by atoms with van der Waals surface area (Å²) in [6, 6.07) is 5.71. The van der Waals surface area contributed by atoms with Crippen molar-refractivity contribution in [2.45, 2.75) is 13.3 Å². The molecule has 0 aliphatic carbocycles. The van der Waals surface area contributed by atoms with Crippen LogP contribution in [0.2, 0.25) is 0 Å². The van der Waals surface area contributed by atoms with Gasteiger partial charge in [0.05, 0.1) is 26.2 Å². The van der Waals surface area contributed by atoms with E-state index in [1.54, 1.807) is 20.5 Å². The number of H-pyrrole nitrogens is 1. The molecule has 1 N–H and O–H groups in total. The second kappa shape index (κ2) is 5.84. The first-order chi connectivity index (χ1) is 9.21. The summed E-state index contributed by atoms with van der Waals surface area (Å²) in [4.78, 5) is 7.28. The lowest BCUT2D eigenvalue weighted by Gasteiger charge is -2.13. The van der Waals surface area contributed by atoms with E-state index in [4.69, 9.17) is 21.7 Å². The average molecular weight is 276 g/mol. The molecule has 19 heavy (non-hydrogen) atoms. The van der Waals surface area contributed by atoms with Gasteiger partial charge in [0.15, 0.2) is 0 Å². The Kier molecular flexibility index (Phi) is 4.16. The van der Waals surface area contributed by atoms with Gasteiger partial charge in [-0.2, -0.15) is 0 Å². The molecule has 0 fully saturated rings. The van der Waals surface area contributed by atoms with Gasteiger partial charge in [0.25, 0.3) is 0 Å². The fourth-order valence-electron chi connectivity index (χ4n) is 2.00. The minimum atomic E-state index is 0.620. The average Bonchev–Trinajstić information content (AvgIpc) is 2.46. The van der Waals surface area contributed by atoms with Crippen LogP contribution in [0.4, 0.5) is 0 Å². The van der Waals surface area contributed by atoms with E-state index in [9.17, 15) is 0 Å². The van der Waals surface area contributed by atoms with Crippen molar-refractivity contribution in [3.63, 3.8) is 0 Å². The molecular formula is C14H16N2O2S. The van der Waals surface area contributed by atoms with Crippen LogP contribution in [0.3, 0.4) is 0 Å². The maximum Gasteiger partial charge on any atom is 0.133 e. The van der Waals surface area contributed by atoms with Crippen molar-refractivity contribution >= 4 is 12.2 Å². The van der Waals surface area contributed by atoms with E-state index < -0.39 is 0 Å². The molecule has 0 aliphatic heterocycles. The molecule has 4 nitrogen and oxygen atoms in total. The summed E-state index contributed by atoms with van der Waals surface area (Å²) in [5, 5.41) is 0. The van der Waals surface area contributed by atoms with Crippen LogP contribution in [0.25, 0.3) is 11.3 Å². The van der Waals surface area contributed by atoms with Crippen molar-refractivity contribution in [2.75, 3.05) is 14.2 Å². The SMILES string of the molecule is CCc1c(-c2ccc(OC)cc2OC)[nH]cnc1=S. The van der Waals surface area contributed by atoms with Gasteiger partial charge in [-0.15, -0.1) is 0 Å². The van der Waals surface area contributed by atoms with Gasteiger partial charge < -0.3 is 14.5 Å². The zero-order valence-corrected chi connectivity index (χ0v) is 12.0. The van der Waals surface area contributed by atoms with Crippen molar-refractivity contribution in [1.82, 2.24) is 9.97 Å². The van der Waals surface area contributed by atoms with Crippen LogP contribution in [0.1, 0.15) is 12.5 Å². The Bertz CT molecular complexity index is 638. The maximum atomic E-state index is 5.43. The summed E-state index contributed by atoms with van der Waals surface area (Å²) in [6.07, 6.45) is 2.42. The van der Waals surface area contributed by atoms with Crippen molar-refractivity contribution in [3.8, 4) is 22.8 Å². The zero-order valence-electron chi connectivity index (χ0n) is 11.2. The van der Waals surface area contributed by atoms with Crippen LogP contribution >= 0.6 is 12.2 Å². The highest BCUT2D eigenvalue weighted by Gasteiger charge is 2.12. The minimum Gasteiger partial charge on any atom is -0.497 e. The summed E-state index contributed by atoms with van der Waals surface area (Å²) in [7, 11) is 3.27. The molecule has 0 radical (unpaired) electrons. The summed E-state index contributed by atoms with van der Waals surface area (Å²) >= 11 is 5.27. The highest BCUT2D eigenvalue weighted by Crippen LogP contribution is 2.34. The van der Waals surface area contributed by atoms with E-state index in [0.717, 1.165) is 34.7 Å². The van der Waals surface area contributed by atoms with Crippen LogP contribution < -0.4 is 9.47 Å². The maximum absolute atomic E-state index is 5.43. The lowest BCUT2D eigenvalue weighted by Crippen LogP contribution is -1.98. The Balaban J connectivity index is 2.65. The molecule has 0 spiro atoms. The number of nitrogens with one attached hydrogen (secondary N) is 1. The highest BCUT2D eigenvalue weighted by molar-refractivity contribution is 7.71. The molecule has 5 heteroatoms. The van der Waals surface area contributed by atoms with Gasteiger partial charge in [-0.1, -0.05) is 19.1 Å². The quantitative estimate of drug-likeness (QED) is 0.870. The van der Waals surface area contributed by atoms with E-state index in [1.165, 1.54) is 0 Å². The number of ether oxygens (including phenoxy) is 2. The lowest BCUT2D eigenvalue weighted by atomic mass is 10.0. The molecule has 0 amide bonds. The normalized spacial score (nSPS) is 10.3. The number of methoxy groups -OCH3 is 2. The summed E-state index contributed by atoms with van der Waals surface area (Å²) < 4.78 is 11.3. The number of aromatic nitrogens is 2. The monoisotopic (exact) mass is 276 g/mol. The first-order valence-corrected chi connectivity index (χ1v) is 6.41. The number of aromatic amines is 1. The van der Waals surface area contributed by atoms with E-state index >= 15 is 0 Å². The lowest BCUT2D eigenvalue weighted by molar-refractivity contribution is 0.395. The predicted molar refractivity (Wildman–Crippen MR) is 77.3 cm³/mol. The first-order valence-electron chi connectivity index (χ1n) is 6.00. The van der Waals surface area contributed by atoms with E-state index in [1.807, 2.05) is 18.2 Å². The van der Waals surface area contributed by atoms with E-state index in [0.29, 0.717) is 4.64 Å². The smallest absolute Gasteiger partial charge is 0.133 e. The molecule has 2 aromatic rings. The topological polar surface area (TPSA) is 47.1 Å². The molecule has 0 saturated heterocycles. The highest BCUT2D eigenvalue weighted by atomic mass is 32.1. The van der Waals surface area contributed by atoms with Gasteiger partial charge in [-0.05, 0) is 18.6 Å². The molecule has 0 aliphatic rings. The Morgan fingerprint density at radius 3 is 2.68 bits per heavy atom. The van der Waals surface area contributed by atoms with Crippen LogP contribution in [0, 0.1) is 4.64 Å². The molecule has 1 heterocycles. The number of rotatable bonds is 4. The summed E-state index contributed by atoms with van der Waals surface area (Å²) in [5.74, 6) is 1.50. The number of hydrogen-bond acceptors (Lipinski definition) is 4. The Morgan fingerprint density at radius 1 is 1.26 bits per heavy atom. The molecule has 0 unspecified atom stereocenters. The number of benzene rings is 1. The van der Waals surface area contributed by atoms with Gasteiger partial charge in [-0.25, -0.2) is 4.98 Å². The second-order valence-electron chi connectivity index (χ2n) is 3.98. The van der Waals surface area contributed by atoms with Crippen molar-refractivity contribution in [3.05, 3.63) is 34.7 Å². The molecule has 1 aromatic heterocycles. The fraction of sp³-hybridized carbons (Fsp3) is 0.286. The van der Waals surface area contributed by atoms with Crippen molar-refractivity contribution in [2.24, 2.45) is 0 Å².